The van der Waals surface area contributed by atoms with Crippen molar-refractivity contribution in [3.05, 3.63) is 65.2 Å². The van der Waals surface area contributed by atoms with Crippen molar-refractivity contribution in [1.82, 2.24) is 10.6 Å². The van der Waals surface area contributed by atoms with Gasteiger partial charge in [0.2, 0.25) is 0 Å². The van der Waals surface area contributed by atoms with E-state index in [0.29, 0.717) is 6.54 Å². The minimum absolute atomic E-state index is 0.121. The molecule has 1 saturated heterocycles. The first-order valence-electron chi connectivity index (χ1n) is 11.3. The highest BCUT2D eigenvalue weighted by atomic mass is 16.3. The van der Waals surface area contributed by atoms with Crippen LogP contribution in [0.1, 0.15) is 55.8 Å². The maximum absolute atomic E-state index is 11.2. The van der Waals surface area contributed by atoms with Crippen LogP contribution in [0.5, 0.6) is 0 Å². The second-order valence-corrected chi connectivity index (χ2v) is 8.54. The van der Waals surface area contributed by atoms with E-state index in [0.717, 1.165) is 44.0 Å². The summed E-state index contributed by atoms with van der Waals surface area (Å²) in [5.74, 6) is 0.745. The van der Waals surface area contributed by atoms with Gasteiger partial charge in [-0.1, -0.05) is 36.4 Å². The molecule has 1 heterocycles. The van der Waals surface area contributed by atoms with E-state index in [-0.39, 0.29) is 6.04 Å². The summed E-state index contributed by atoms with van der Waals surface area (Å²) >= 11 is 0. The number of fused-ring (bicyclic) bond motifs is 1. The zero-order chi connectivity index (χ0) is 21.0. The molecule has 1 fully saturated rings. The summed E-state index contributed by atoms with van der Waals surface area (Å²) in [6, 6.07) is 17.1. The van der Waals surface area contributed by atoms with Crippen LogP contribution in [0.15, 0.2) is 53.5 Å². The summed E-state index contributed by atoms with van der Waals surface area (Å²) in [5, 5.41) is 18.1. The number of anilines is 1. The summed E-state index contributed by atoms with van der Waals surface area (Å²) in [7, 11) is 0. The van der Waals surface area contributed by atoms with E-state index < -0.39 is 5.60 Å². The molecule has 2 aromatic carbocycles. The minimum Gasteiger partial charge on any atom is -0.383 e. The second-order valence-electron chi connectivity index (χ2n) is 8.54. The maximum Gasteiger partial charge on any atom is 0.191 e. The molecule has 0 amide bonds. The number of hydrogen-bond acceptors (Lipinski definition) is 3. The Morgan fingerprint density at radius 3 is 2.77 bits per heavy atom. The zero-order valence-electron chi connectivity index (χ0n) is 18.2. The van der Waals surface area contributed by atoms with Gasteiger partial charge >= 0.3 is 0 Å². The van der Waals surface area contributed by atoms with Crippen molar-refractivity contribution in [2.75, 3.05) is 31.1 Å². The third-order valence-corrected chi connectivity index (χ3v) is 6.36. The Labute approximate surface area is 180 Å². The molecule has 0 bridgehead atoms. The molecule has 30 heavy (non-hydrogen) atoms. The van der Waals surface area contributed by atoms with E-state index in [9.17, 15) is 5.11 Å². The van der Waals surface area contributed by atoms with Gasteiger partial charge < -0.3 is 20.6 Å². The Kier molecular flexibility index (Phi) is 6.28. The van der Waals surface area contributed by atoms with E-state index in [1.165, 1.54) is 29.7 Å². The number of rotatable bonds is 6. The smallest absolute Gasteiger partial charge is 0.191 e. The highest BCUT2D eigenvalue weighted by molar-refractivity contribution is 5.80. The molecular weight excluding hydrogens is 372 g/mol. The summed E-state index contributed by atoms with van der Waals surface area (Å²) in [6.45, 7) is 7.66. The molecule has 0 aromatic heterocycles. The highest BCUT2D eigenvalue weighted by Gasteiger charge is 2.36. The van der Waals surface area contributed by atoms with E-state index >= 15 is 0 Å². The molecule has 0 spiro atoms. The van der Waals surface area contributed by atoms with E-state index in [1.807, 2.05) is 18.2 Å². The summed E-state index contributed by atoms with van der Waals surface area (Å²) in [4.78, 5) is 7.23. The van der Waals surface area contributed by atoms with Crippen molar-refractivity contribution in [2.45, 2.75) is 51.2 Å². The lowest BCUT2D eigenvalue weighted by Crippen LogP contribution is -2.40. The Bertz CT molecular complexity index is 890. The number of nitrogens with zero attached hydrogens (tertiary/aromatic N) is 2. The van der Waals surface area contributed by atoms with Crippen LogP contribution in [-0.4, -0.2) is 37.2 Å². The quantitative estimate of drug-likeness (QED) is 0.505. The summed E-state index contributed by atoms with van der Waals surface area (Å²) < 4.78 is 0. The van der Waals surface area contributed by atoms with Crippen LogP contribution in [0, 0.1) is 0 Å². The molecule has 5 nitrogen and oxygen atoms in total. The number of hydrogen-bond donors (Lipinski definition) is 3. The summed E-state index contributed by atoms with van der Waals surface area (Å²) in [5.41, 5.74) is 3.93. The van der Waals surface area contributed by atoms with Gasteiger partial charge in [-0.05, 0) is 68.4 Å². The first kappa shape index (κ1) is 20.7. The van der Waals surface area contributed by atoms with Crippen molar-refractivity contribution in [3.63, 3.8) is 0 Å². The van der Waals surface area contributed by atoms with Gasteiger partial charge in [-0.25, -0.2) is 4.99 Å². The normalized spacial score (nSPS) is 22.1. The Hall–Kier alpha value is -2.53. The maximum atomic E-state index is 11.2. The molecule has 0 saturated carbocycles. The van der Waals surface area contributed by atoms with Gasteiger partial charge in [0.15, 0.2) is 5.96 Å². The fourth-order valence-electron chi connectivity index (χ4n) is 4.62. The number of benzene rings is 2. The average Bonchev–Trinajstić information content (AvgIpc) is 3.42. The zero-order valence-corrected chi connectivity index (χ0v) is 18.2. The van der Waals surface area contributed by atoms with Crippen LogP contribution >= 0.6 is 0 Å². The number of aliphatic imine (C=N–C) groups is 1. The Morgan fingerprint density at radius 1 is 1.17 bits per heavy atom. The van der Waals surface area contributed by atoms with Gasteiger partial charge in [-0.2, -0.15) is 0 Å². The van der Waals surface area contributed by atoms with Crippen LogP contribution in [0.2, 0.25) is 0 Å². The van der Waals surface area contributed by atoms with Crippen molar-refractivity contribution in [1.29, 1.82) is 0 Å². The molecular formula is C25H34N4O. The van der Waals surface area contributed by atoms with E-state index in [1.54, 1.807) is 0 Å². The molecule has 2 aliphatic rings. The molecule has 5 heteroatoms. The van der Waals surface area contributed by atoms with Crippen molar-refractivity contribution >= 4 is 11.6 Å². The number of guanidine groups is 1. The second kappa shape index (κ2) is 9.09. The fraction of sp³-hybridized carbons (Fsp3) is 0.480. The van der Waals surface area contributed by atoms with Crippen LogP contribution in [0.25, 0.3) is 0 Å². The van der Waals surface area contributed by atoms with Crippen molar-refractivity contribution in [3.8, 4) is 0 Å². The van der Waals surface area contributed by atoms with Gasteiger partial charge in [0.25, 0.3) is 0 Å². The molecule has 1 aliphatic heterocycles. The first-order chi connectivity index (χ1) is 14.6. The molecule has 2 atom stereocenters. The van der Waals surface area contributed by atoms with Gasteiger partial charge in [0.1, 0.15) is 5.60 Å². The standard InChI is InChI=1S/C25H34N4O/c1-3-26-24(27-18-25(30)14-13-20-9-4-5-12-23(20)25)28-19(2)21-10-8-11-22(17-21)29-15-6-7-16-29/h4-5,8-12,17,19,30H,3,6-7,13-16,18H2,1-2H3,(H2,26,27,28). The Morgan fingerprint density at radius 2 is 1.97 bits per heavy atom. The fourth-order valence-corrected chi connectivity index (χ4v) is 4.62. The van der Waals surface area contributed by atoms with E-state index in [2.05, 4.69) is 59.7 Å². The number of aliphatic hydroxyl groups is 1. The molecule has 4 rings (SSSR count). The lowest BCUT2D eigenvalue weighted by molar-refractivity contribution is 0.0485. The van der Waals surface area contributed by atoms with Gasteiger partial charge in [0.05, 0.1) is 12.6 Å². The lowest BCUT2D eigenvalue weighted by Gasteiger charge is -2.24. The monoisotopic (exact) mass is 406 g/mol. The highest BCUT2D eigenvalue weighted by Crippen LogP contribution is 2.36. The predicted octanol–water partition coefficient (Wildman–Crippen LogP) is 3.74. The van der Waals surface area contributed by atoms with Crippen LogP contribution in [0.3, 0.4) is 0 Å². The van der Waals surface area contributed by atoms with Crippen molar-refractivity contribution in [2.24, 2.45) is 4.99 Å². The average molecular weight is 407 g/mol. The predicted molar refractivity (Wildman–Crippen MR) is 124 cm³/mol. The third kappa shape index (κ3) is 4.46. The Balaban J connectivity index is 1.46. The molecule has 3 N–H and O–H groups in total. The largest absolute Gasteiger partial charge is 0.383 e. The third-order valence-electron chi connectivity index (χ3n) is 6.36. The molecule has 1 aliphatic carbocycles. The van der Waals surface area contributed by atoms with Crippen LogP contribution in [0.4, 0.5) is 5.69 Å². The van der Waals surface area contributed by atoms with Crippen molar-refractivity contribution < 1.29 is 5.11 Å². The minimum atomic E-state index is -0.877. The first-order valence-corrected chi connectivity index (χ1v) is 11.3. The topological polar surface area (TPSA) is 59.9 Å². The van der Waals surface area contributed by atoms with E-state index in [4.69, 9.17) is 4.99 Å². The van der Waals surface area contributed by atoms with Gasteiger partial charge in [-0.15, -0.1) is 0 Å². The van der Waals surface area contributed by atoms with Crippen LogP contribution in [-0.2, 0) is 12.0 Å². The number of aryl methyl sites for hydroxylation is 1. The lowest BCUT2D eigenvalue weighted by atomic mass is 9.96. The molecule has 2 unspecified atom stereocenters. The van der Waals surface area contributed by atoms with Crippen LogP contribution < -0.4 is 15.5 Å². The van der Waals surface area contributed by atoms with Gasteiger partial charge in [0, 0.05) is 25.3 Å². The molecule has 2 aromatic rings. The number of nitrogens with one attached hydrogen (secondary N) is 2. The summed E-state index contributed by atoms with van der Waals surface area (Å²) in [6.07, 6.45) is 4.19. The van der Waals surface area contributed by atoms with Gasteiger partial charge in [-0.3, -0.25) is 0 Å². The molecule has 0 radical (unpaired) electrons. The SMILES string of the molecule is CCNC(=NCC1(O)CCc2ccccc21)NC(C)c1cccc(N2CCCC2)c1. The molecule has 160 valence electrons.